The molecule has 3 aliphatic rings. The van der Waals surface area contributed by atoms with E-state index in [-0.39, 0.29) is 16.4 Å². The van der Waals surface area contributed by atoms with Crippen LogP contribution in [-0.4, -0.2) is 16.3 Å². The molecule has 0 saturated heterocycles. The minimum Gasteiger partial charge on any atom is -0.478 e. The highest BCUT2D eigenvalue weighted by molar-refractivity contribution is 8.04. The normalized spacial score (nSPS) is 25.3. The van der Waals surface area contributed by atoms with Crippen molar-refractivity contribution in [2.75, 3.05) is 0 Å². The number of ether oxygens (including phenoxy) is 1. The maximum atomic E-state index is 14.1. The molecule has 98 valence electrons. The van der Waals surface area contributed by atoms with Crippen molar-refractivity contribution in [1.29, 1.82) is 0 Å². The predicted octanol–water partition coefficient (Wildman–Crippen LogP) is 3.44. The molecule has 0 bridgehead atoms. The molecule has 0 aromatic rings. The summed E-state index contributed by atoms with van der Waals surface area (Å²) in [6.07, 6.45) is 10.0. The van der Waals surface area contributed by atoms with Crippen molar-refractivity contribution in [1.82, 2.24) is 0 Å². The maximum Gasteiger partial charge on any atom is 0.335 e. The Morgan fingerprint density at radius 2 is 2.32 bits per heavy atom. The van der Waals surface area contributed by atoms with E-state index in [0.29, 0.717) is 5.76 Å². The van der Waals surface area contributed by atoms with Crippen molar-refractivity contribution in [3.63, 3.8) is 0 Å². The molecule has 1 aliphatic heterocycles. The Kier molecular flexibility index (Phi) is 3.06. The zero-order chi connectivity index (χ0) is 13.4. The van der Waals surface area contributed by atoms with Crippen LogP contribution in [0.5, 0.6) is 0 Å². The summed E-state index contributed by atoms with van der Waals surface area (Å²) in [6.45, 7) is 0. The first-order valence-corrected chi connectivity index (χ1v) is 6.80. The lowest BCUT2D eigenvalue weighted by Crippen LogP contribution is -2.11. The van der Waals surface area contributed by atoms with E-state index in [4.69, 9.17) is 9.84 Å². The van der Waals surface area contributed by atoms with Gasteiger partial charge in [-0.05, 0) is 25.0 Å². The van der Waals surface area contributed by atoms with Gasteiger partial charge in [0.1, 0.15) is 5.76 Å². The molecule has 1 unspecified atom stereocenters. The van der Waals surface area contributed by atoms with Crippen LogP contribution >= 0.6 is 11.8 Å². The number of carbonyl (C=O) groups is 1. The number of fused-ring (bicyclic) bond motifs is 1. The third-order valence-electron chi connectivity index (χ3n) is 3.09. The van der Waals surface area contributed by atoms with Crippen molar-refractivity contribution in [2.24, 2.45) is 0 Å². The van der Waals surface area contributed by atoms with Gasteiger partial charge in [-0.1, -0.05) is 18.2 Å². The fourth-order valence-corrected chi connectivity index (χ4v) is 3.35. The molecule has 1 atom stereocenters. The molecular weight excluding hydrogens is 267 g/mol. The monoisotopic (exact) mass is 278 g/mol. The summed E-state index contributed by atoms with van der Waals surface area (Å²) in [5.74, 6) is -0.531. The number of allylic oxidation sites excluding steroid dienone is 4. The summed E-state index contributed by atoms with van der Waals surface area (Å²) in [5, 5.41) is 8.74. The zero-order valence-corrected chi connectivity index (χ0v) is 10.7. The predicted molar refractivity (Wildman–Crippen MR) is 70.9 cm³/mol. The standard InChI is InChI=1S/C14H11FO3S/c15-13-9-7-8(14(16)17)5-6-11(9)19-12-4-2-1-3-10(12)18-13/h1,3,5-7,11H,2,4H2,(H,16,17). The van der Waals surface area contributed by atoms with Gasteiger partial charge >= 0.3 is 5.97 Å². The molecule has 1 N–H and O–H groups in total. The van der Waals surface area contributed by atoms with Gasteiger partial charge in [-0.2, -0.15) is 4.39 Å². The van der Waals surface area contributed by atoms with E-state index in [1.165, 1.54) is 23.9 Å². The molecular formula is C14H11FO3S. The van der Waals surface area contributed by atoms with E-state index in [2.05, 4.69) is 0 Å². The van der Waals surface area contributed by atoms with Gasteiger partial charge in [0.2, 0.25) is 0 Å². The molecule has 0 fully saturated rings. The van der Waals surface area contributed by atoms with Gasteiger partial charge in [0.05, 0.1) is 10.8 Å². The van der Waals surface area contributed by atoms with Crippen LogP contribution in [-0.2, 0) is 9.53 Å². The Hall–Kier alpha value is -1.75. The third kappa shape index (κ3) is 2.26. The second-order valence-corrected chi connectivity index (χ2v) is 5.60. The van der Waals surface area contributed by atoms with Crippen LogP contribution < -0.4 is 0 Å². The zero-order valence-electron chi connectivity index (χ0n) is 9.93. The van der Waals surface area contributed by atoms with E-state index in [9.17, 15) is 9.18 Å². The quantitative estimate of drug-likeness (QED) is 0.798. The largest absolute Gasteiger partial charge is 0.478 e. The number of rotatable bonds is 1. The molecule has 0 saturated carbocycles. The smallest absolute Gasteiger partial charge is 0.335 e. The Morgan fingerprint density at radius 3 is 3.11 bits per heavy atom. The highest BCUT2D eigenvalue weighted by atomic mass is 32.2. The van der Waals surface area contributed by atoms with Crippen LogP contribution in [0.1, 0.15) is 12.8 Å². The SMILES string of the molecule is O=C(O)C1=CC2=C(F)OC3=C(CCC=C3)SC2C=C1. The van der Waals surface area contributed by atoms with Gasteiger partial charge in [-0.15, -0.1) is 11.8 Å². The summed E-state index contributed by atoms with van der Waals surface area (Å²) < 4.78 is 19.3. The maximum absolute atomic E-state index is 14.1. The number of carboxylic acid groups (broad SMARTS) is 1. The summed E-state index contributed by atoms with van der Waals surface area (Å²) in [6, 6.07) is -0.711. The van der Waals surface area contributed by atoms with E-state index in [1.54, 1.807) is 12.2 Å². The molecule has 0 amide bonds. The lowest BCUT2D eigenvalue weighted by molar-refractivity contribution is -0.132. The summed E-state index contributed by atoms with van der Waals surface area (Å²) in [5.41, 5.74) is 0.355. The first kappa shape index (κ1) is 12.3. The summed E-state index contributed by atoms with van der Waals surface area (Å²) in [4.78, 5) is 11.9. The molecule has 2 aliphatic carbocycles. The number of carboxylic acids is 1. The average Bonchev–Trinajstić information content (AvgIpc) is 2.54. The van der Waals surface area contributed by atoms with E-state index < -0.39 is 12.0 Å². The Morgan fingerprint density at radius 1 is 1.47 bits per heavy atom. The number of hydrogen-bond acceptors (Lipinski definition) is 3. The molecule has 1 heterocycles. The van der Waals surface area contributed by atoms with Crippen LogP contribution in [0.3, 0.4) is 0 Å². The number of thioether (sulfide) groups is 1. The molecule has 0 aromatic carbocycles. The van der Waals surface area contributed by atoms with Crippen LogP contribution in [0.15, 0.2) is 58.2 Å². The van der Waals surface area contributed by atoms with Gasteiger partial charge in [0, 0.05) is 10.5 Å². The first-order valence-electron chi connectivity index (χ1n) is 5.92. The van der Waals surface area contributed by atoms with Crippen molar-refractivity contribution < 1.29 is 19.0 Å². The van der Waals surface area contributed by atoms with Crippen LogP contribution in [0.4, 0.5) is 4.39 Å². The van der Waals surface area contributed by atoms with Crippen LogP contribution in [0.25, 0.3) is 0 Å². The highest BCUT2D eigenvalue weighted by Crippen LogP contribution is 2.43. The second kappa shape index (κ2) is 4.74. The minimum atomic E-state index is -1.07. The van der Waals surface area contributed by atoms with Gasteiger partial charge in [0.25, 0.3) is 6.01 Å². The molecule has 3 rings (SSSR count). The van der Waals surface area contributed by atoms with Crippen molar-refractivity contribution in [3.05, 3.63) is 58.2 Å². The minimum absolute atomic E-state index is 0.0704. The lowest BCUT2D eigenvalue weighted by Gasteiger charge is -2.17. The number of halogens is 1. The molecule has 5 heteroatoms. The fourth-order valence-electron chi connectivity index (χ4n) is 2.13. The van der Waals surface area contributed by atoms with Crippen molar-refractivity contribution in [2.45, 2.75) is 18.1 Å². The van der Waals surface area contributed by atoms with E-state index in [1.807, 2.05) is 6.08 Å². The van der Waals surface area contributed by atoms with Crippen molar-refractivity contribution in [3.8, 4) is 0 Å². The van der Waals surface area contributed by atoms with Gasteiger partial charge in [-0.3, -0.25) is 0 Å². The summed E-state index contributed by atoms with van der Waals surface area (Å²) >= 11 is 1.52. The number of aliphatic carboxylic acids is 1. The van der Waals surface area contributed by atoms with Crippen LogP contribution in [0, 0.1) is 0 Å². The fraction of sp³-hybridized carbons (Fsp3) is 0.214. The summed E-state index contributed by atoms with van der Waals surface area (Å²) in [7, 11) is 0. The molecule has 0 spiro atoms. The Balaban J connectivity index is 2.00. The number of hydrogen-bond donors (Lipinski definition) is 1. The van der Waals surface area contributed by atoms with Gasteiger partial charge in [-0.25, -0.2) is 4.79 Å². The second-order valence-electron chi connectivity index (χ2n) is 4.36. The third-order valence-corrected chi connectivity index (χ3v) is 4.45. The Labute approximate surface area is 113 Å². The topological polar surface area (TPSA) is 46.5 Å². The van der Waals surface area contributed by atoms with E-state index in [0.717, 1.165) is 17.7 Å². The molecule has 3 nitrogen and oxygen atoms in total. The van der Waals surface area contributed by atoms with Gasteiger partial charge < -0.3 is 9.84 Å². The first-order chi connectivity index (χ1) is 9.15. The molecule has 0 aromatic heterocycles. The lowest BCUT2D eigenvalue weighted by atomic mass is 10.0. The molecule has 19 heavy (non-hydrogen) atoms. The molecule has 0 radical (unpaired) electrons. The average molecular weight is 278 g/mol. The van der Waals surface area contributed by atoms with E-state index >= 15 is 0 Å². The Bertz CT molecular complexity index is 596. The van der Waals surface area contributed by atoms with Crippen molar-refractivity contribution >= 4 is 17.7 Å². The highest BCUT2D eigenvalue weighted by Gasteiger charge is 2.29. The van der Waals surface area contributed by atoms with Gasteiger partial charge in [0.15, 0.2) is 0 Å². The van der Waals surface area contributed by atoms with Crippen LogP contribution in [0.2, 0.25) is 0 Å².